The normalized spacial score (nSPS) is 11.1. The third kappa shape index (κ3) is 4.60. The molecule has 1 amide bonds. The number of carbonyl (C=O) groups excluding carboxylic acids is 1. The summed E-state index contributed by atoms with van der Waals surface area (Å²) >= 11 is 3.10. The zero-order valence-corrected chi connectivity index (χ0v) is 11.5. The molecule has 0 aliphatic heterocycles. The first-order chi connectivity index (χ1) is 7.79. The molecular formula is C11H15BrN2O3. The van der Waals surface area contributed by atoms with Crippen molar-refractivity contribution in [1.29, 1.82) is 0 Å². The third-order valence-electron chi connectivity index (χ3n) is 1.79. The molecule has 0 unspecified atom stereocenters. The Labute approximate surface area is 108 Å². The molecule has 1 aromatic heterocycles. The highest BCUT2D eigenvalue weighted by molar-refractivity contribution is 9.10. The smallest absolute Gasteiger partial charge is 0.407 e. The minimum absolute atomic E-state index is 0.0172. The largest absolute Gasteiger partial charge is 0.505 e. The Morgan fingerprint density at radius 3 is 2.82 bits per heavy atom. The minimum atomic E-state index is -0.537. The lowest BCUT2D eigenvalue weighted by Gasteiger charge is -2.19. The molecule has 0 saturated heterocycles. The number of alkyl carbamates (subject to hydrolysis) is 1. The predicted octanol–water partition coefficient (Wildman–Crippen LogP) is 2.57. The van der Waals surface area contributed by atoms with E-state index >= 15 is 0 Å². The van der Waals surface area contributed by atoms with Crippen molar-refractivity contribution in [2.24, 2.45) is 0 Å². The fourth-order valence-corrected chi connectivity index (χ4v) is 1.46. The lowest BCUT2D eigenvalue weighted by molar-refractivity contribution is 0.0523. The van der Waals surface area contributed by atoms with Crippen LogP contribution in [-0.4, -0.2) is 21.8 Å². The Bertz CT molecular complexity index is 416. The maximum atomic E-state index is 11.4. The van der Waals surface area contributed by atoms with E-state index in [1.54, 1.807) is 26.8 Å². The number of nitrogens with zero attached hydrogens (tertiary/aromatic N) is 1. The molecule has 0 atom stereocenters. The van der Waals surface area contributed by atoms with Gasteiger partial charge in [0.1, 0.15) is 10.2 Å². The lowest BCUT2D eigenvalue weighted by atomic mass is 10.2. The van der Waals surface area contributed by atoms with Crippen LogP contribution in [0.25, 0.3) is 0 Å². The van der Waals surface area contributed by atoms with Crippen LogP contribution in [0.3, 0.4) is 0 Å². The molecule has 5 nitrogen and oxygen atoms in total. The van der Waals surface area contributed by atoms with E-state index in [1.807, 2.05) is 0 Å². The van der Waals surface area contributed by atoms with Gasteiger partial charge in [0, 0.05) is 18.3 Å². The fraction of sp³-hybridized carbons (Fsp3) is 0.455. The van der Waals surface area contributed by atoms with Gasteiger partial charge in [-0.1, -0.05) is 0 Å². The highest BCUT2D eigenvalue weighted by Gasteiger charge is 2.16. The number of hydrogen-bond donors (Lipinski definition) is 2. The molecule has 0 radical (unpaired) electrons. The molecular weight excluding hydrogens is 288 g/mol. The summed E-state index contributed by atoms with van der Waals surface area (Å²) in [5.41, 5.74) is 0.0306. The van der Waals surface area contributed by atoms with Crippen LogP contribution in [0.5, 0.6) is 5.75 Å². The van der Waals surface area contributed by atoms with E-state index in [-0.39, 0.29) is 12.3 Å². The average Bonchev–Trinajstić information content (AvgIpc) is 2.18. The summed E-state index contributed by atoms with van der Waals surface area (Å²) in [5.74, 6) is 0.0172. The van der Waals surface area contributed by atoms with Gasteiger partial charge >= 0.3 is 6.09 Å². The van der Waals surface area contributed by atoms with E-state index in [0.29, 0.717) is 10.2 Å². The van der Waals surface area contributed by atoms with E-state index in [9.17, 15) is 9.90 Å². The third-order valence-corrected chi connectivity index (χ3v) is 2.37. The molecule has 6 heteroatoms. The van der Waals surface area contributed by atoms with Gasteiger partial charge in [0.25, 0.3) is 0 Å². The second-order valence-corrected chi connectivity index (χ2v) is 5.22. The lowest BCUT2D eigenvalue weighted by Crippen LogP contribution is -2.32. The molecule has 0 fully saturated rings. The second-order valence-electron chi connectivity index (χ2n) is 4.46. The van der Waals surface area contributed by atoms with Gasteiger partial charge in [0.2, 0.25) is 0 Å². The quantitative estimate of drug-likeness (QED) is 0.824. The number of pyridine rings is 1. The van der Waals surface area contributed by atoms with Gasteiger partial charge in [-0.25, -0.2) is 9.78 Å². The van der Waals surface area contributed by atoms with Crippen molar-refractivity contribution < 1.29 is 14.6 Å². The zero-order valence-electron chi connectivity index (χ0n) is 9.95. The highest BCUT2D eigenvalue weighted by atomic mass is 79.9. The molecule has 1 heterocycles. The van der Waals surface area contributed by atoms with Crippen LogP contribution >= 0.6 is 15.9 Å². The van der Waals surface area contributed by atoms with Gasteiger partial charge in [-0.15, -0.1) is 0 Å². The number of rotatable bonds is 2. The van der Waals surface area contributed by atoms with Crippen molar-refractivity contribution in [3.05, 3.63) is 22.4 Å². The summed E-state index contributed by atoms with van der Waals surface area (Å²) in [6, 6.07) is 1.62. The first-order valence-electron chi connectivity index (χ1n) is 5.09. The minimum Gasteiger partial charge on any atom is -0.505 e. The zero-order chi connectivity index (χ0) is 13.1. The van der Waals surface area contributed by atoms with Crippen LogP contribution < -0.4 is 5.32 Å². The van der Waals surface area contributed by atoms with Crippen molar-refractivity contribution in [2.75, 3.05) is 0 Å². The summed E-state index contributed by atoms with van der Waals surface area (Å²) < 4.78 is 5.42. The Balaban J connectivity index is 2.56. The second kappa shape index (κ2) is 5.35. The Morgan fingerprint density at radius 1 is 1.59 bits per heavy atom. The van der Waals surface area contributed by atoms with Crippen molar-refractivity contribution in [3.63, 3.8) is 0 Å². The van der Waals surface area contributed by atoms with Crippen molar-refractivity contribution in [3.8, 4) is 5.75 Å². The van der Waals surface area contributed by atoms with Crippen LogP contribution in [0, 0.1) is 0 Å². The number of halogens is 1. The molecule has 94 valence electrons. The number of aromatic nitrogens is 1. The summed E-state index contributed by atoms with van der Waals surface area (Å²) in [5, 5.41) is 12.2. The van der Waals surface area contributed by atoms with Crippen molar-refractivity contribution >= 4 is 22.0 Å². The topological polar surface area (TPSA) is 71.5 Å². The monoisotopic (exact) mass is 302 g/mol. The number of amides is 1. The van der Waals surface area contributed by atoms with Gasteiger partial charge in [-0.3, -0.25) is 0 Å². The number of carbonyl (C=O) groups is 1. The van der Waals surface area contributed by atoms with E-state index in [4.69, 9.17) is 4.74 Å². The molecule has 0 spiro atoms. The van der Waals surface area contributed by atoms with Crippen LogP contribution in [0.1, 0.15) is 26.3 Å². The van der Waals surface area contributed by atoms with E-state index in [1.165, 1.54) is 6.20 Å². The SMILES string of the molecule is CC(C)(C)OC(=O)NCc1ccnc(Br)c1O. The number of ether oxygens (including phenoxy) is 1. The summed E-state index contributed by atoms with van der Waals surface area (Å²) in [7, 11) is 0. The van der Waals surface area contributed by atoms with Crippen molar-refractivity contribution in [1.82, 2.24) is 10.3 Å². The average molecular weight is 303 g/mol. The van der Waals surface area contributed by atoms with Gasteiger partial charge in [-0.05, 0) is 42.8 Å². The maximum Gasteiger partial charge on any atom is 0.407 e. The van der Waals surface area contributed by atoms with Gasteiger partial charge < -0.3 is 15.2 Å². The molecule has 0 aliphatic carbocycles. The van der Waals surface area contributed by atoms with E-state index in [2.05, 4.69) is 26.2 Å². The fourth-order valence-electron chi connectivity index (χ4n) is 1.09. The molecule has 0 bridgehead atoms. The van der Waals surface area contributed by atoms with E-state index in [0.717, 1.165) is 0 Å². The maximum absolute atomic E-state index is 11.4. The summed E-state index contributed by atoms with van der Waals surface area (Å²) in [6.07, 6.45) is 1.01. The summed E-state index contributed by atoms with van der Waals surface area (Å²) in [4.78, 5) is 15.2. The number of nitrogens with one attached hydrogen (secondary N) is 1. The van der Waals surface area contributed by atoms with Gasteiger partial charge in [-0.2, -0.15) is 0 Å². The van der Waals surface area contributed by atoms with Crippen molar-refractivity contribution in [2.45, 2.75) is 32.9 Å². The van der Waals surface area contributed by atoms with Crippen LogP contribution in [-0.2, 0) is 11.3 Å². The van der Waals surface area contributed by atoms with Crippen LogP contribution in [0.15, 0.2) is 16.9 Å². The first kappa shape index (κ1) is 13.8. The van der Waals surface area contributed by atoms with Gasteiger partial charge in [0.05, 0.1) is 0 Å². The van der Waals surface area contributed by atoms with E-state index < -0.39 is 11.7 Å². The molecule has 0 saturated carbocycles. The first-order valence-corrected chi connectivity index (χ1v) is 5.88. The predicted molar refractivity (Wildman–Crippen MR) is 66.7 cm³/mol. The molecule has 0 aromatic carbocycles. The molecule has 1 aromatic rings. The molecule has 2 N–H and O–H groups in total. The number of aromatic hydroxyl groups is 1. The Hall–Kier alpha value is -1.30. The van der Waals surface area contributed by atoms with Gasteiger partial charge in [0.15, 0.2) is 5.75 Å². The molecule has 17 heavy (non-hydrogen) atoms. The standard InChI is InChI=1S/C11H15BrN2O3/c1-11(2,3)17-10(16)14-6-7-4-5-13-9(12)8(7)15/h4-5,15H,6H2,1-3H3,(H,14,16). The summed E-state index contributed by atoms with van der Waals surface area (Å²) in [6.45, 7) is 5.54. The number of hydrogen-bond acceptors (Lipinski definition) is 4. The van der Waals surface area contributed by atoms with Crippen LogP contribution in [0.4, 0.5) is 4.79 Å². The molecule has 0 aliphatic rings. The highest BCUT2D eigenvalue weighted by Crippen LogP contribution is 2.24. The Morgan fingerprint density at radius 2 is 2.24 bits per heavy atom. The molecule has 1 rings (SSSR count). The van der Waals surface area contributed by atoms with Crippen LogP contribution in [0.2, 0.25) is 0 Å². The Kier molecular flexibility index (Phi) is 4.34.